The number of aromatic nitrogens is 2. The molecule has 156 valence electrons. The van der Waals surface area contributed by atoms with E-state index < -0.39 is 12.2 Å². The first kappa shape index (κ1) is 19.9. The van der Waals surface area contributed by atoms with Crippen LogP contribution in [-0.2, 0) is 11.3 Å². The smallest absolute Gasteiger partial charge is 0.410 e. The summed E-state index contributed by atoms with van der Waals surface area (Å²) >= 11 is 0. The molecule has 0 spiro atoms. The molecule has 0 bridgehead atoms. The van der Waals surface area contributed by atoms with Crippen LogP contribution in [0.3, 0.4) is 0 Å². The molecule has 8 nitrogen and oxygen atoms in total. The number of amides is 1. The summed E-state index contributed by atoms with van der Waals surface area (Å²) in [6, 6.07) is 15.8. The van der Waals surface area contributed by atoms with E-state index in [9.17, 15) is 4.79 Å². The first-order chi connectivity index (χ1) is 14.6. The maximum absolute atomic E-state index is 11.8. The molecule has 8 heteroatoms. The number of para-hydroxylation sites is 1. The Bertz CT molecular complexity index is 1030. The molecular weight excluding hydrogens is 384 g/mol. The number of aliphatic hydroxyl groups excluding tert-OH is 1. The van der Waals surface area contributed by atoms with Gasteiger partial charge in [-0.15, -0.1) is 0 Å². The molecular formula is C22H24N4O4. The quantitative estimate of drug-likeness (QED) is 0.591. The van der Waals surface area contributed by atoms with Crippen LogP contribution in [0.4, 0.5) is 10.6 Å². The number of nitrogens with one attached hydrogen (secondary N) is 1. The lowest BCUT2D eigenvalue weighted by atomic mass is 10.2. The number of carbonyl (C=O) groups is 1. The van der Waals surface area contributed by atoms with Crippen molar-refractivity contribution in [2.24, 2.45) is 0 Å². The Labute approximate surface area is 174 Å². The van der Waals surface area contributed by atoms with E-state index in [0.717, 1.165) is 16.8 Å². The van der Waals surface area contributed by atoms with Gasteiger partial charge in [0.25, 0.3) is 0 Å². The van der Waals surface area contributed by atoms with Crippen LogP contribution in [-0.4, -0.2) is 58.5 Å². The van der Waals surface area contributed by atoms with E-state index in [1.165, 1.54) is 4.90 Å². The highest BCUT2D eigenvalue weighted by Gasteiger charge is 2.31. The summed E-state index contributed by atoms with van der Waals surface area (Å²) in [6.07, 6.45) is -0.820. The molecule has 0 aliphatic carbocycles. The number of aryl methyl sites for hydroxylation is 1. The number of rotatable bonds is 8. The van der Waals surface area contributed by atoms with Crippen molar-refractivity contribution >= 4 is 22.8 Å². The largest absolute Gasteiger partial charge is 0.487 e. The highest BCUT2D eigenvalue weighted by atomic mass is 16.6. The second kappa shape index (κ2) is 8.96. The van der Waals surface area contributed by atoms with Crippen molar-refractivity contribution in [3.8, 4) is 5.75 Å². The Balaban J connectivity index is 1.50. The monoisotopic (exact) mass is 408 g/mol. The van der Waals surface area contributed by atoms with Crippen LogP contribution in [0.2, 0.25) is 0 Å². The molecule has 4 rings (SSSR count). The highest BCUT2D eigenvalue weighted by Crippen LogP contribution is 2.29. The number of carbonyl (C=O) groups excluding carboxylic acids is 1. The molecule has 2 heterocycles. The SMILES string of the molecule is Cc1nc(NCc2ccccc2)c2cccc(OCC3CN(CCO)C(=O)O3)c2n1. The maximum Gasteiger partial charge on any atom is 0.410 e. The molecule has 1 atom stereocenters. The molecule has 0 radical (unpaired) electrons. The fourth-order valence-corrected chi connectivity index (χ4v) is 3.42. The number of aliphatic hydroxyl groups is 1. The van der Waals surface area contributed by atoms with E-state index in [1.54, 1.807) is 0 Å². The molecule has 1 fully saturated rings. The van der Waals surface area contributed by atoms with E-state index >= 15 is 0 Å². The molecule has 1 unspecified atom stereocenters. The van der Waals surface area contributed by atoms with Crippen molar-refractivity contribution in [3.63, 3.8) is 0 Å². The Morgan fingerprint density at radius 1 is 1.20 bits per heavy atom. The Morgan fingerprint density at radius 3 is 2.83 bits per heavy atom. The van der Waals surface area contributed by atoms with Gasteiger partial charge >= 0.3 is 6.09 Å². The third kappa shape index (κ3) is 4.44. The zero-order chi connectivity index (χ0) is 20.9. The molecule has 2 N–H and O–H groups in total. The predicted octanol–water partition coefficient (Wildman–Crippen LogP) is 2.74. The van der Waals surface area contributed by atoms with E-state index in [1.807, 2.05) is 43.3 Å². The van der Waals surface area contributed by atoms with Gasteiger partial charge < -0.3 is 24.8 Å². The summed E-state index contributed by atoms with van der Waals surface area (Å²) in [4.78, 5) is 22.4. The molecule has 3 aromatic rings. The number of β-amino-alcohol motifs (C(OH)–C–C–N with tert-alkyl or cyclic N) is 1. The van der Waals surface area contributed by atoms with Gasteiger partial charge in [0.05, 0.1) is 13.2 Å². The lowest BCUT2D eigenvalue weighted by Gasteiger charge is -2.14. The van der Waals surface area contributed by atoms with Crippen LogP contribution < -0.4 is 10.1 Å². The van der Waals surface area contributed by atoms with Gasteiger partial charge in [0, 0.05) is 18.5 Å². The summed E-state index contributed by atoms with van der Waals surface area (Å²) in [6.45, 7) is 3.25. The van der Waals surface area contributed by atoms with E-state index in [4.69, 9.17) is 14.6 Å². The van der Waals surface area contributed by atoms with Gasteiger partial charge in [-0.1, -0.05) is 36.4 Å². The average Bonchev–Trinajstić information content (AvgIpc) is 3.11. The standard InChI is InChI=1S/C22H24N4O4/c1-15-24-20-18(21(25-15)23-12-16-6-3-2-4-7-16)8-5-9-19(20)29-14-17-13-26(10-11-27)22(28)30-17/h2-9,17,27H,10-14H2,1H3,(H,23,24,25). The van der Waals surface area contributed by atoms with Gasteiger partial charge in [0.2, 0.25) is 0 Å². The molecule has 1 aliphatic rings. The first-order valence-electron chi connectivity index (χ1n) is 9.88. The molecule has 1 amide bonds. The van der Waals surface area contributed by atoms with Gasteiger partial charge in [-0.25, -0.2) is 14.8 Å². The minimum atomic E-state index is -0.430. The first-order valence-corrected chi connectivity index (χ1v) is 9.88. The Hall–Kier alpha value is -3.39. The van der Waals surface area contributed by atoms with E-state index in [2.05, 4.69) is 27.4 Å². The van der Waals surface area contributed by atoms with Gasteiger partial charge in [-0.05, 0) is 24.6 Å². The zero-order valence-corrected chi connectivity index (χ0v) is 16.7. The van der Waals surface area contributed by atoms with Crippen molar-refractivity contribution in [2.45, 2.75) is 19.6 Å². The van der Waals surface area contributed by atoms with Crippen molar-refractivity contribution in [3.05, 3.63) is 59.9 Å². The second-order valence-electron chi connectivity index (χ2n) is 7.10. The fraction of sp³-hybridized carbons (Fsp3) is 0.318. The van der Waals surface area contributed by atoms with Gasteiger partial charge in [-0.2, -0.15) is 0 Å². The minimum Gasteiger partial charge on any atom is -0.487 e. The second-order valence-corrected chi connectivity index (χ2v) is 7.10. The van der Waals surface area contributed by atoms with Gasteiger partial charge in [0.1, 0.15) is 29.5 Å². The van der Waals surface area contributed by atoms with Crippen LogP contribution in [0.25, 0.3) is 10.9 Å². The zero-order valence-electron chi connectivity index (χ0n) is 16.7. The maximum atomic E-state index is 11.8. The molecule has 30 heavy (non-hydrogen) atoms. The molecule has 0 saturated carbocycles. The normalized spacial score (nSPS) is 16.0. The van der Waals surface area contributed by atoms with Crippen molar-refractivity contribution in [1.29, 1.82) is 0 Å². The third-order valence-electron chi connectivity index (χ3n) is 4.85. The minimum absolute atomic E-state index is 0.0963. The van der Waals surface area contributed by atoms with Crippen molar-refractivity contribution < 1.29 is 19.4 Å². The summed E-state index contributed by atoms with van der Waals surface area (Å²) < 4.78 is 11.3. The number of fused-ring (bicyclic) bond motifs is 1. The molecule has 1 aliphatic heterocycles. The lowest BCUT2D eigenvalue weighted by Crippen LogP contribution is -2.29. The summed E-state index contributed by atoms with van der Waals surface area (Å²) in [5.74, 6) is 1.99. The van der Waals surface area contributed by atoms with Crippen LogP contribution >= 0.6 is 0 Å². The van der Waals surface area contributed by atoms with Crippen LogP contribution in [0.1, 0.15) is 11.4 Å². The van der Waals surface area contributed by atoms with E-state index in [-0.39, 0.29) is 19.8 Å². The number of ether oxygens (including phenoxy) is 2. The number of hydrogen-bond acceptors (Lipinski definition) is 7. The predicted molar refractivity (Wildman–Crippen MR) is 112 cm³/mol. The summed E-state index contributed by atoms with van der Waals surface area (Å²) in [7, 11) is 0. The number of benzene rings is 2. The Morgan fingerprint density at radius 2 is 2.03 bits per heavy atom. The number of cyclic esters (lactones) is 1. The molecule has 2 aromatic carbocycles. The van der Waals surface area contributed by atoms with Crippen LogP contribution in [0.15, 0.2) is 48.5 Å². The van der Waals surface area contributed by atoms with Crippen molar-refractivity contribution in [2.75, 3.05) is 31.6 Å². The van der Waals surface area contributed by atoms with Crippen LogP contribution in [0, 0.1) is 6.92 Å². The lowest BCUT2D eigenvalue weighted by molar-refractivity contribution is 0.102. The number of anilines is 1. The fourth-order valence-electron chi connectivity index (χ4n) is 3.42. The number of nitrogens with zero attached hydrogens (tertiary/aromatic N) is 3. The van der Waals surface area contributed by atoms with Gasteiger partial charge in [-0.3, -0.25) is 0 Å². The average molecular weight is 408 g/mol. The highest BCUT2D eigenvalue weighted by molar-refractivity contribution is 5.93. The van der Waals surface area contributed by atoms with Crippen LogP contribution in [0.5, 0.6) is 5.75 Å². The summed E-state index contributed by atoms with van der Waals surface area (Å²) in [5, 5.41) is 13.3. The van der Waals surface area contributed by atoms with E-state index in [0.29, 0.717) is 30.2 Å². The number of hydrogen-bond donors (Lipinski definition) is 2. The van der Waals surface area contributed by atoms with Crippen molar-refractivity contribution in [1.82, 2.24) is 14.9 Å². The van der Waals surface area contributed by atoms with Gasteiger partial charge in [0.15, 0.2) is 6.10 Å². The third-order valence-corrected chi connectivity index (χ3v) is 4.85. The topological polar surface area (TPSA) is 96.8 Å². The summed E-state index contributed by atoms with van der Waals surface area (Å²) in [5.41, 5.74) is 1.86. The Kier molecular flexibility index (Phi) is 5.94. The molecule has 1 saturated heterocycles. The molecule has 1 aromatic heterocycles.